The first-order chi connectivity index (χ1) is 6.07. The molecule has 0 aromatic heterocycles. The molecule has 0 aromatic carbocycles. The van der Waals surface area contributed by atoms with Crippen LogP contribution in [-0.4, -0.2) is 18.8 Å². The number of sulfonamides is 1. The predicted molar refractivity (Wildman–Crippen MR) is 57.7 cm³/mol. The van der Waals surface area contributed by atoms with Crippen molar-refractivity contribution in [2.45, 2.75) is 11.0 Å². The number of primary sulfonamides is 1. The van der Waals surface area contributed by atoms with E-state index in [4.69, 9.17) is 5.14 Å². The molecule has 1 atom stereocenters. The maximum Gasteiger partial charge on any atom is 0.225 e. The van der Waals surface area contributed by atoms with Gasteiger partial charge in [-0.1, -0.05) is 17.8 Å². The summed E-state index contributed by atoms with van der Waals surface area (Å²) in [5, 5.41) is 5.07. The largest absolute Gasteiger partial charge is 0.227 e. The van der Waals surface area contributed by atoms with Gasteiger partial charge in [0.25, 0.3) is 0 Å². The SMILES string of the molecule is NS(=O)(=O)C1C=C2SCCC=C2S1. The van der Waals surface area contributed by atoms with Gasteiger partial charge in [-0.3, -0.25) is 0 Å². The van der Waals surface area contributed by atoms with Gasteiger partial charge in [0.15, 0.2) is 0 Å². The van der Waals surface area contributed by atoms with Crippen LogP contribution in [0.15, 0.2) is 22.0 Å². The number of fused-ring (bicyclic) bond motifs is 1. The Balaban J connectivity index is 2.30. The van der Waals surface area contributed by atoms with Gasteiger partial charge in [0.2, 0.25) is 10.0 Å². The molecule has 0 radical (unpaired) electrons. The van der Waals surface area contributed by atoms with Crippen molar-refractivity contribution in [3.63, 3.8) is 0 Å². The zero-order chi connectivity index (χ0) is 9.47. The number of nitrogens with two attached hydrogens (primary N) is 1. The van der Waals surface area contributed by atoms with Crippen molar-refractivity contribution in [1.82, 2.24) is 0 Å². The second-order valence-electron chi connectivity index (χ2n) is 2.81. The Bertz CT molecular complexity index is 383. The Hall–Kier alpha value is 0.0900. The first-order valence-electron chi connectivity index (χ1n) is 3.81. The van der Waals surface area contributed by atoms with Crippen LogP contribution in [0.4, 0.5) is 0 Å². The lowest BCUT2D eigenvalue weighted by atomic mass is 10.4. The molecular formula is C7H9NO2S3. The Kier molecular flexibility index (Phi) is 2.48. The second kappa shape index (κ2) is 3.34. The molecule has 72 valence electrons. The van der Waals surface area contributed by atoms with Crippen LogP contribution in [0, 0.1) is 0 Å². The van der Waals surface area contributed by atoms with Crippen molar-refractivity contribution in [3.8, 4) is 0 Å². The van der Waals surface area contributed by atoms with E-state index >= 15 is 0 Å². The summed E-state index contributed by atoms with van der Waals surface area (Å²) < 4.78 is 21.5. The summed E-state index contributed by atoms with van der Waals surface area (Å²) in [5.74, 6) is 1.03. The van der Waals surface area contributed by atoms with Crippen molar-refractivity contribution >= 4 is 33.5 Å². The molecule has 2 aliphatic heterocycles. The van der Waals surface area contributed by atoms with E-state index in [0.29, 0.717) is 0 Å². The van der Waals surface area contributed by atoms with E-state index in [1.807, 2.05) is 0 Å². The molecule has 0 amide bonds. The van der Waals surface area contributed by atoms with E-state index in [0.717, 1.165) is 22.0 Å². The molecule has 0 bridgehead atoms. The number of thioether (sulfide) groups is 2. The number of allylic oxidation sites excluding steroid dienone is 1. The van der Waals surface area contributed by atoms with E-state index in [1.54, 1.807) is 17.8 Å². The third-order valence-corrected chi connectivity index (χ3v) is 5.92. The van der Waals surface area contributed by atoms with Crippen LogP contribution in [0.1, 0.15) is 6.42 Å². The number of hydrogen-bond donors (Lipinski definition) is 1. The summed E-state index contributed by atoms with van der Waals surface area (Å²) in [6, 6.07) is 0. The van der Waals surface area contributed by atoms with Crippen LogP contribution in [0.3, 0.4) is 0 Å². The fraction of sp³-hybridized carbons (Fsp3) is 0.429. The Morgan fingerprint density at radius 2 is 2.23 bits per heavy atom. The summed E-state index contributed by atoms with van der Waals surface area (Å²) in [4.78, 5) is 2.16. The van der Waals surface area contributed by atoms with E-state index in [-0.39, 0.29) is 0 Å². The van der Waals surface area contributed by atoms with E-state index < -0.39 is 14.6 Å². The zero-order valence-corrected chi connectivity index (χ0v) is 9.21. The van der Waals surface area contributed by atoms with Gasteiger partial charge in [0.05, 0.1) is 0 Å². The third-order valence-electron chi connectivity index (χ3n) is 1.80. The molecule has 2 heterocycles. The van der Waals surface area contributed by atoms with Crippen LogP contribution >= 0.6 is 23.5 Å². The minimum Gasteiger partial charge on any atom is -0.227 e. The van der Waals surface area contributed by atoms with E-state index in [9.17, 15) is 8.42 Å². The molecule has 0 aliphatic carbocycles. The lowest BCUT2D eigenvalue weighted by molar-refractivity contribution is 0.599. The molecule has 1 unspecified atom stereocenters. The molecule has 0 fully saturated rings. The third kappa shape index (κ3) is 1.96. The molecule has 2 rings (SSSR count). The van der Waals surface area contributed by atoms with Gasteiger partial charge in [0.1, 0.15) is 4.58 Å². The van der Waals surface area contributed by atoms with Gasteiger partial charge < -0.3 is 0 Å². The monoisotopic (exact) mass is 235 g/mol. The van der Waals surface area contributed by atoms with Crippen molar-refractivity contribution in [1.29, 1.82) is 0 Å². The molecule has 0 spiro atoms. The highest BCUT2D eigenvalue weighted by Crippen LogP contribution is 2.46. The van der Waals surface area contributed by atoms with Gasteiger partial charge >= 0.3 is 0 Å². The Morgan fingerprint density at radius 1 is 1.46 bits per heavy atom. The van der Waals surface area contributed by atoms with Crippen molar-refractivity contribution in [3.05, 3.63) is 22.0 Å². The Morgan fingerprint density at radius 3 is 2.85 bits per heavy atom. The number of rotatable bonds is 1. The summed E-state index contributed by atoms with van der Waals surface area (Å²) >= 11 is 3.04. The van der Waals surface area contributed by atoms with Crippen LogP contribution in [0.25, 0.3) is 0 Å². The lowest BCUT2D eigenvalue weighted by Crippen LogP contribution is -2.22. The molecule has 0 aromatic rings. The Labute approximate surface area is 85.9 Å². The van der Waals surface area contributed by atoms with Crippen molar-refractivity contribution in [2.75, 3.05) is 5.75 Å². The van der Waals surface area contributed by atoms with Gasteiger partial charge in [-0.05, 0) is 12.5 Å². The van der Waals surface area contributed by atoms with Gasteiger partial charge in [-0.25, -0.2) is 13.6 Å². The standard InChI is InChI=1S/C7H9NO2S3/c8-13(9,10)7-4-6-5(12-7)2-1-3-11-6/h2,4,7H,1,3H2,(H2,8,9,10). The molecule has 0 saturated carbocycles. The minimum atomic E-state index is -3.43. The van der Waals surface area contributed by atoms with Crippen molar-refractivity contribution < 1.29 is 8.42 Å². The van der Waals surface area contributed by atoms with Crippen LogP contribution in [0.2, 0.25) is 0 Å². The fourth-order valence-corrected chi connectivity index (χ4v) is 4.64. The molecule has 13 heavy (non-hydrogen) atoms. The molecule has 0 saturated heterocycles. The van der Waals surface area contributed by atoms with Crippen LogP contribution in [0.5, 0.6) is 0 Å². The maximum atomic E-state index is 11.1. The quantitative estimate of drug-likeness (QED) is 0.743. The predicted octanol–water partition coefficient (Wildman–Crippen LogP) is 1.25. The fourth-order valence-electron chi connectivity index (χ4n) is 1.21. The first-order valence-corrected chi connectivity index (χ1v) is 7.28. The maximum absolute atomic E-state index is 11.1. The summed E-state index contributed by atoms with van der Waals surface area (Å²) in [6.07, 6.45) is 4.84. The molecule has 3 nitrogen and oxygen atoms in total. The minimum absolute atomic E-state index is 0.570. The smallest absolute Gasteiger partial charge is 0.225 e. The van der Waals surface area contributed by atoms with Crippen LogP contribution < -0.4 is 5.14 Å². The van der Waals surface area contributed by atoms with Gasteiger partial charge in [-0.2, -0.15) is 0 Å². The number of hydrogen-bond acceptors (Lipinski definition) is 4. The molecule has 2 aliphatic rings. The highest BCUT2D eigenvalue weighted by atomic mass is 32.3. The van der Waals surface area contributed by atoms with E-state index in [2.05, 4.69) is 6.08 Å². The average molecular weight is 235 g/mol. The lowest BCUT2D eigenvalue weighted by Gasteiger charge is -2.09. The summed E-state index contributed by atoms with van der Waals surface area (Å²) in [6.45, 7) is 0. The summed E-state index contributed by atoms with van der Waals surface area (Å²) in [5.41, 5.74) is 0. The zero-order valence-electron chi connectivity index (χ0n) is 6.76. The van der Waals surface area contributed by atoms with Gasteiger partial charge in [0, 0.05) is 15.6 Å². The molecular weight excluding hydrogens is 226 g/mol. The first kappa shape index (κ1) is 9.64. The molecule has 2 N–H and O–H groups in total. The normalized spacial score (nSPS) is 27.9. The highest BCUT2D eigenvalue weighted by molar-refractivity contribution is 8.17. The van der Waals surface area contributed by atoms with Crippen LogP contribution in [-0.2, 0) is 10.0 Å². The average Bonchev–Trinajstić information content (AvgIpc) is 2.45. The van der Waals surface area contributed by atoms with Crippen molar-refractivity contribution in [2.24, 2.45) is 5.14 Å². The van der Waals surface area contributed by atoms with E-state index in [1.165, 1.54) is 11.8 Å². The van der Waals surface area contributed by atoms with Gasteiger partial charge in [-0.15, -0.1) is 11.8 Å². The summed E-state index contributed by atoms with van der Waals surface area (Å²) in [7, 11) is -3.43. The highest BCUT2D eigenvalue weighted by Gasteiger charge is 2.30. The molecule has 6 heteroatoms. The topological polar surface area (TPSA) is 60.2 Å². The second-order valence-corrected chi connectivity index (χ2v) is 7.12.